The van der Waals surface area contributed by atoms with E-state index in [0.717, 1.165) is 35.1 Å². The molecular weight excluding hydrogens is 440 g/mol. The molecule has 1 aliphatic carbocycles. The number of amides is 2. The molecule has 3 aromatic carbocycles. The molecule has 1 unspecified atom stereocenters. The first kappa shape index (κ1) is 24.3. The van der Waals surface area contributed by atoms with E-state index in [9.17, 15) is 14.7 Å². The van der Waals surface area contributed by atoms with Crippen LogP contribution in [0.15, 0.2) is 72.8 Å². The Morgan fingerprint density at radius 1 is 0.971 bits per heavy atom. The molecule has 1 fully saturated rings. The maximum absolute atomic E-state index is 13.6. The van der Waals surface area contributed by atoms with E-state index in [1.54, 1.807) is 24.1 Å². The normalized spacial score (nSPS) is 13.7. The van der Waals surface area contributed by atoms with Gasteiger partial charge in [0.25, 0.3) is 0 Å². The SMILES string of the molecule is COc1ccc(C(C(=O)NCc2ccc(C)cc2)N(C(=O)CCc2ccc(O)cc2)C2CC2)cc1. The van der Waals surface area contributed by atoms with Crippen molar-refractivity contribution in [3.05, 3.63) is 95.1 Å². The number of nitrogens with one attached hydrogen (secondary N) is 1. The van der Waals surface area contributed by atoms with Gasteiger partial charge in [-0.05, 0) is 67.1 Å². The number of carbonyl (C=O) groups is 2. The molecule has 0 spiro atoms. The van der Waals surface area contributed by atoms with Crippen LogP contribution in [0.25, 0.3) is 0 Å². The van der Waals surface area contributed by atoms with E-state index in [4.69, 9.17) is 4.74 Å². The van der Waals surface area contributed by atoms with Crippen molar-refractivity contribution in [1.29, 1.82) is 0 Å². The first-order chi connectivity index (χ1) is 16.9. The summed E-state index contributed by atoms with van der Waals surface area (Å²) >= 11 is 0. The summed E-state index contributed by atoms with van der Waals surface area (Å²) in [5.41, 5.74) is 3.90. The Labute approximate surface area is 206 Å². The topological polar surface area (TPSA) is 78.9 Å². The smallest absolute Gasteiger partial charge is 0.247 e. The zero-order valence-electron chi connectivity index (χ0n) is 20.2. The van der Waals surface area contributed by atoms with E-state index >= 15 is 0 Å². The van der Waals surface area contributed by atoms with Crippen LogP contribution >= 0.6 is 0 Å². The van der Waals surface area contributed by atoms with E-state index in [0.29, 0.717) is 25.1 Å². The van der Waals surface area contributed by atoms with Gasteiger partial charge in [0.1, 0.15) is 17.5 Å². The third-order valence-corrected chi connectivity index (χ3v) is 6.34. The molecule has 6 heteroatoms. The molecule has 182 valence electrons. The Kier molecular flexibility index (Phi) is 7.70. The Balaban J connectivity index is 1.55. The number of phenols is 1. The Bertz CT molecular complexity index is 1140. The number of phenolic OH excluding ortho intramolecular Hbond substituents is 1. The van der Waals surface area contributed by atoms with Crippen molar-refractivity contribution in [3.8, 4) is 11.5 Å². The zero-order chi connectivity index (χ0) is 24.8. The number of aryl methyl sites for hydroxylation is 2. The number of hydrogen-bond donors (Lipinski definition) is 2. The fourth-order valence-corrected chi connectivity index (χ4v) is 4.17. The molecule has 0 aliphatic heterocycles. The molecule has 35 heavy (non-hydrogen) atoms. The highest BCUT2D eigenvalue weighted by atomic mass is 16.5. The van der Waals surface area contributed by atoms with Crippen LogP contribution < -0.4 is 10.1 Å². The van der Waals surface area contributed by atoms with Gasteiger partial charge in [0.2, 0.25) is 11.8 Å². The summed E-state index contributed by atoms with van der Waals surface area (Å²) in [5, 5.41) is 12.6. The number of nitrogens with zero attached hydrogens (tertiary/aromatic N) is 1. The second-order valence-electron chi connectivity index (χ2n) is 9.08. The number of ether oxygens (including phenoxy) is 1. The van der Waals surface area contributed by atoms with Gasteiger partial charge in [-0.25, -0.2) is 0 Å². The number of benzene rings is 3. The minimum absolute atomic E-state index is 0.0492. The minimum atomic E-state index is -0.717. The average Bonchev–Trinajstić information content (AvgIpc) is 3.71. The second kappa shape index (κ2) is 11.1. The summed E-state index contributed by atoms with van der Waals surface area (Å²) in [6.45, 7) is 2.42. The van der Waals surface area contributed by atoms with Crippen LogP contribution in [-0.2, 0) is 22.6 Å². The lowest BCUT2D eigenvalue weighted by Crippen LogP contribution is -2.45. The lowest BCUT2D eigenvalue weighted by Gasteiger charge is -2.32. The summed E-state index contributed by atoms with van der Waals surface area (Å²) in [4.78, 5) is 28.8. The minimum Gasteiger partial charge on any atom is -0.508 e. The van der Waals surface area contributed by atoms with Crippen LogP contribution in [0.1, 0.15) is 47.6 Å². The van der Waals surface area contributed by atoms with E-state index < -0.39 is 6.04 Å². The van der Waals surface area contributed by atoms with Gasteiger partial charge in [-0.15, -0.1) is 0 Å². The lowest BCUT2D eigenvalue weighted by molar-refractivity contribution is -0.141. The van der Waals surface area contributed by atoms with Crippen molar-refractivity contribution < 1.29 is 19.4 Å². The van der Waals surface area contributed by atoms with Gasteiger partial charge in [-0.1, -0.05) is 54.1 Å². The summed E-state index contributed by atoms with van der Waals surface area (Å²) in [5.74, 6) is 0.654. The molecule has 1 atom stereocenters. The molecule has 2 N–H and O–H groups in total. The number of rotatable bonds is 10. The average molecular weight is 473 g/mol. The first-order valence-corrected chi connectivity index (χ1v) is 12.0. The molecule has 0 saturated heterocycles. The van der Waals surface area contributed by atoms with Crippen molar-refractivity contribution in [2.45, 2.75) is 51.2 Å². The zero-order valence-corrected chi connectivity index (χ0v) is 20.2. The Morgan fingerprint density at radius 2 is 1.60 bits per heavy atom. The van der Waals surface area contributed by atoms with Crippen molar-refractivity contribution in [2.75, 3.05) is 7.11 Å². The number of aromatic hydroxyl groups is 1. The predicted octanol–water partition coefficient (Wildman–Crippen LogP) is 4.69. The molecule has 3 aromatic rings. The molecule has 0 radical (unpaired) electrons. The Hall–Kier alpha value is -3.80. The van der Waals surface area contributed by atoms with Gasteiger partial charge in [0, 0.05) is 19.0 Å². The third kappa shape index (κ3) is 6.41. The molecule has 0 bridgehead atoms. The van der Waals surface area contributed by atoms with Gasteiger partial charge in [-0.2, -0.15) is 0 Å². The van der Waals surface area contributed by atoms with E-state index in [1.807, 2.05) is 67.6 Å². The monoisotopic (exact) mass is 472 g/mol. The molecule has 1 saturated carbocycles. The molecule has 4 rings (SSSR count). The van der Waals surface area contributed by atoms with Crippen LogP contribution in [-0.4, -0.2) is 35.0 Å². The second-order valence-corrected chi connectivity index (χ2v) is 9.08. The van der Waals surface area contributed by atoms with Gasteiger partial charge in [0.15, 0.2) is 0 Å². The van der Waals surface area contributed by atoms with Crippen molar-refractivity contribution in [1.82, 2.24) is 10.2 Å². The predicted molar refractivity (Wildman–Crippen MR) is 135 cm³/mol. The largest absolute Gasteiger partial charge is 0.508 e. The highest BCUT2D eigenvalue weighted by molar-refractivity contribution is 5.89. The number of hydrogen-bond acceptors (Lipinski definition) is 4. The van der Waals surface area contributed by atoms with Gasteiger partial charge >= 0.3 is 0 Å². The maximum Gasteiger partial charge on any atom is 0.247 e. The molecular formula is C29H32N2O4. The summed E-state index contributed by atoms with van der Waals surface area (Å²) in [6.07, 6.45) is 2.62. The molecule has 1 aliphatic rings. The molecule has 0 aromatic heterocycles. The third-order valence-electron chi connectivity index (χ3n) is 6.34. The molecule has 2 amide bonds. The van der Waals surface area contributed by atoms with Crippen LogP contribution in [0.5, 0.6) is 11.5 Å². The summed E-state index contributed by atoms with van der Waals surface area (Å²) < 4.78 is 5.29. The van der Waals surface area contributed by atoms with Crippen LogP contribution in [0.3, 0.4) is 0 Å². The standard InChI is InChI=1S/C29H32N2O4/c1-20-3-5-22(6-4-20)19-30-29(34)28(23-10-16-26(35-2)17-11-23)31(24-12-13-24)27(33)18-9-21-7-14-25(32)15-8-21/h3-8,10-11,14-17,24,28,32H,9,12-13,18-19H2,1-2H3,(H,30,34). The van der Waals surface area contributed by atoms with E-state index in [2.05, 4.69) is 5.32 Å². The molecule has 0 heterocycles. The van der Waals surface area contributed by atoms with Gasteiger partial charge in [0.05, 0.1) is 7.11 Å². The number of methoxy groups -OCH3 is 1. The van der Waals surface area contributed by atoms with Crippen molar-refractivity contribution in [3.63, 3.8) is 0 Å². The van der Waals surface area contributed by atoms with Gasteiger partial charge in [-0.3, -0.25) is 9.59 Å². The quantitative estimate of drug-likeness (QED) is 0.449. The van der Waals surface area contributed by atoms with Crippen LogP contribution in [0.4, 0.5) is 0 Å². The van der Waals surface area contributed by atoms with E-state index in [1.165, 1.54) is 0 Å². The first-order valence-electron chi connectivity index (χ1n) is 12.0. The van der Waals surface area contributed by atoms with Crippen LogP contribution in [0, 0.1) is 6.92 Å². The fraction of sp³-hybridized carbons (Fsp3) is 0.310. The fourth-order valence-electron chi connectivity index (χ4n) is 4.17. The highest BCUT2D eigenvalue weighted by Gasteiger charge is 2.41. The molecule has 6 nitrogen and oxygen atoms in total. The van der Waals surface area contributed by atoms with Crippen LogP contribution in [0.2, 0.25) is 0 Å². The number of carbonyl (C=O) groups excluding carboxylic acids is 2. The van der Waals surface area contributed by atoms with E-state index in [-0.39, 0.29) is 23.6 Å². The van der Waals surface area contributed by atoms with Crippen molar-refractivity contribution in [2.24, 2.45) is 0 Å². The lowest BCUT2D eigenvalue weighted by atomic mass is 10.0. The summed E-state index contributed by atoms with van der Waals surface area (Å²) in [7, 11) is 1.60. The van der Waals surface area contributed by atoms with Gasteiger partial charge < -0.3 is 20.1 Å². The highest BCUT2D eigenvalue weighted by Crippen LogP contribution is 2.36. The van der Waals surface area contributed by atoms with Crippen molar-refractivity contribution >= 4 is 11.8 Å². The summed E-state index contributed by atoms with van der Waals surface area (Å²) in [6, 6.07) is 21.6. The maximum atomic E-state index is 13.6. The Morgan fingerprint density at radius 3 is 2.20 bits per heavy atom.